The monoisotopic (exact) mass is 341 g/mol. The van der Waals surface area contributed by atoms with Gasteiger partial charge < -0.3 is 5.32 Å². The molecular weight excluding hydrogens is 322 g/mol. The number of hydrogen-bond acceptors (Lipinski definition) is 2. The Bertz CT molecular complexity index is 1050. The van der Waals surface area contributed by atoms with Crippen LogP contribution in [0.5, 0.6) is 0 Å². The van der Waals surface area contributed by atoms with Crippen molar-refractivity contribution in [1.29, 1.82) is 0 Å². The Kier molecular flexibility index (Phi) is 4.23. The summed E-state index contributed by atoms with van der Waals surface area (Å²) in [4.78, 5) is 11.8. The number of amides is 1. The summed E-state index contributed by atoms with van der Waals surface area (Å²) in [5, 5.41) is 8.62. The highest BCUT2D eigenvalue weighted by atomic mass is 16.1. The van der Waals surface area contributed by atoms with Gasteiger partial charge in [-0.05, 0) is 23.8 Å². The minimum atomic E-state index is -0.0870. The molecule has 1 heterocycles. The Labute approximate surface area is 152 Å². The number of carbonyl (C=O) groups is 1. The molecule has 1 aromatic heterocycles. The van der Waals surface area contributed by atoms with Crippen molar-refractivity contribution in [2.45, 2.75) is 6.54 Å². The van der Waals surface area contributed by atoms with E-state index in [9.17, 15) is 4.79 Å². The summed E-state index contributed by atoms with van der Waals surface area (Å²) >= 11 is 0. The van der Waals surface area contributed by atoms with Crippen LogP contribution in [0, 0.1) is 0 Å². The van der Waals surface area contributed by atoms with Crippen molar-refractivity contribution in [2.24, 2.45) is 0 Å². The van der Waals surface area contributed by atoms with Gasteiger partial charge in [0.1, 0.15) is 5.69 Å². The maximum Gasteiger partial charge on any atom is 0.251 e. The van der Waals surface area contributed by atoms with E-state index >= 15 is 0 Å². The molecule has 0 fully saturated rings. The molecule has 0 saturated heterocycles. The molecule has 3 aromatic carbocycles. The molecule has 0 aliphatic heterocycles. The summed E-state index contributed by atoms with van der Waals surface area (Å²) in [6.45, 7) is 0.720. The van der Waals surface area contributed by atoms with Gasteiger partial charge in [0.2, 0.25) is 0 Å². The molecule has 26 heavy (non-hydrogen) atoms. The van der Waals surface area contributed by atoms with Gasteiger partial charge in [0.25, 0.3) is 5.91 Å². The van der Waals surface area contributed by atoms with Gasteiger partial charge in [0.15, 0.2) is 0 Å². The molecule has 0 bridgehead atoms. The molecule has 4 rings (SSSR count). The van der Waals surface area contributed by atoms with E-state index in [-0.39, 0.29) is 5.91 Å². The highest BCUT2D eigenvalue weighted by molar-refractivity contribution is 5.96. The van der Waals surface area contributed by atoms with E-state index < -0.39 is 0 Å². The van der Waals surface area contributed by atoms with Gasteiger partial charge in [0, 0.05) is 23.6 Å². The lowest BCUT2D eigenvalue weighted by Crippen LogP contribution is -2.17. The van der Waals surface area contributed by atoms with Crippen molar-refractivity contribution >= 4 is 16.8 Å². The van der Waals surface area contributed by atoms with E-state index in [1.807, 2.05) is 59.3 Å². The average Bonchev–Trinajstić information content (AvgIpc) is 3.07. The molecule has 0 atom stereocenters. The lowest BCUT2D eigenvalue weighted by molar-refractivity contribution is 0.0963. The minimum absolute atomic E-state index is 0.0870. The van der Waals surface area contributed by atoms with Gasteiger partial charge in [0.05, 0.1) is 12.1 Å². The molecule has 0 spiro atoms. The summed E-state index contributed by atoms with van der Waals surface area (Å²) in [5.74, 6) is -0.0870. The molecule has 0 saturated carbocycles. The van der Waals surface area contributed by atoms with Gasteiger partial charge in [-0.15, -0.1) is 0 Å². The zero-order chi connectivity index (χ0) is 17.9. The van der Waals surface area contributed by atoms with E-state index in [4.69, 9.17) is 5.10 Å². The van der Waals surface area contributed by atoms with Crippen LogP contribution in [0.4, 0.5) is 0 Å². The van der Waals surface area contributed by atoms with Crippen LogP contribution in [0.15, 0.2) is 78.9 Å². The fourth-order valence-electron chi connectivity index (χ4n) is 3.14. The second-order valence-electron chi connectivity index (χ2n) is 6.17. The van der Waals surface area contributed by atoms with Crippen LogP contribution in [-0.2, 0) is 6.54 Å². The number of nitrogens with one attached hydrogen (secondary N) is 1. The lowest BCUT2D eigenvalue weighted by atomic mass is 10.1. The maximum atomic E-state index is 11.8. The first-order valence-electron chi connectivity index (χ1n) is 8.58. The van der Waals surface area contributed by atoms with Crippen molar-refractivity contribution in [3.8, 4) is 11.3 Å². The third-order valence-corrected chi connectivity index (χ3v) is 4.48. The average molecular weight is 341 g/mol. The predicted octanol–water partition coefficient (Wildman–Crippen LogP) is 4.11. The van der Waals surface area contributed by atoms with E-state index in [0.29, 0.717) is 5.56 Å². The molecule has 0 aliphatic carbocycles. The van der Waals surface area contributed by atoms with E-state index in [0.717, 1.165) is 28.7 Å². The summed E-state index contributed by atoms with van der Waals surface area (Å²) in [6, 6.07) is 26.1. The highest BCUT2D eigenvalue weighted by Gasteiger charge is 2.13. The topological polar surface area (TPSA) is 46.9 Å². The summed E-state index contributed by atoms with van der Waals surface area (Å²) in [7, 11) is 1.63. The fraction of sp³-hybridized carbons (Fsp3) is 0.0909. The molecule has 4 nitrogen and oxygen atoms in total. The Balaban J connectivity index is 1.77. The van der Waals surface area contributed by atoms with Crippen LogP contribution in [0.25, 0.3) is 22.2 Å². The maximum absolute atomic E-state index is 11.8. The van der Waals surface area contributed by atoms with E-state index in [1.165, 1.54) is 5.56 Å². The van der Waals surface area contributed by atoms with Crippen LogP contribution < -0.4 is 5.32 Å². The highest BCUT2D eigenvalue weighted by Crippen LogP contribution is 2.28. The van der Waals surface area contributed by atoms with Crippen molar-refractivity contribution < 1.29 is 4.79 Å². The van der Waals surface area contributed by atoms with E-state index in [2.05, 4.69) is 29.6 Å². The summed E-state index contributed by atoms with van der Waals surface area (Å²) in [6.07, 6.45) is 0. The smallest absolute Gasteiger partial charge is 0.251 e. The molecule has 1 amide bonds. The predicted molar refractivity (Wildman–Crippen MR) is 104 cm³/mol. The number of hydrogen-bond donors (Lipinski definition) is 1. The molecule has 1 N–H and O–H groups in total. The first-order chi connectivity index (χ1) is 12.8. The van der Waals surface area contributed by atoms with E-state index in [1.54, 1.807) is 7.05 Å². The second kappa shape index (κ2) is 6.84. The molecule has 0 unspecified atom stereocenters. The Hall–Kier alpha value is -3.40. The van der Waals surface area contributed by atoms with Crippen LogP contribution in [-0.4, -0.2) is 22.7 Å². The number of para-hydroxylation sites is 1. The summed E-state index contributed by atoms with van der Waals surface area (Å²) < 4.78 is 2.03. The minimum Gasteiger partial charge on any atom is -0.355 e. The number of benzene rings is 3. The zero-order valence-corrected chi connectivity index (χ0v) is 14.5. The SMILES string of the molecule is CNC(=O)c1ccc(-c2nn(Cc3ccccc3)c3ccccc23)cc1. The second-order valence-corrected chi connectivity index (χ2v) is 6.17. The third kappa shape index (κ3) is 2.97. The van der Waals surface area contributed by atoms with Gasteiger partial charge in [-0.1, -0.05) is 60.7 Å². The van der Waals surface area contributed by atoms with Gasteiger partial charge in [-0.3, -0.25) is 9.48 Å². The van der Waals surface area contributed by atoms with Gasteiger partial charge in [-0.25, -0.2) is 0 Å². The van der Waals surface area contributed by atoms with Crippen molar-refractivity contribution in [3.63, 3.8) is 0 Å². The van der Waals surface area contributed by atoms with Crippen molar-refractivity contribution in [1.82, 2.24) is 15.1 Å². The molecule has 4 heteroatoms. The van der Waals surface area contributed by atoms with Gasteiger partial charge >= 0.3 is 0 Å². The summed E-state index contributed by atoms with van der Waals surface area (Å²) in [5.41, 5.74) is 4.88. The molecule has 0 radical (unpaired) electrons. The Morgan fingerprint density at radius 3 is 2.35 bits per heavy atom. The number of aromatic nitrogens is 2. The van der Waals surface area contributed by atoms with Crippen LogP contribution in [0.1, 0.15) is 15.9 Å². The van der Waals surface area contributed by atoms with Crippen molar-refractivity contribution in [2.75, 3.05) is 7.05 Å². The lowest BCUT2D eigenvalue weighted by Gasteiger charge is -2.03. The van der Waals surface area contributed by atoms with Crippen LogP contribution in [0.3, 0.4) is 0 Å². The third-order valence-electron chi connectivity index (χ3n) is 4.48. The quantitative estimate of drug-likeness (QED) is 0.607. The van der Waals surface area contributed by atoms with Gasteiger partial charge in [-0.2, -0.15) is 5.10 Å². The van der Waals surface area contributed by atoms with Crippen LogP contribution >= 0.6 is 0 Å². The van der Waals surface area contributed by atoms with Crippen LogP contribution in [0.2, 0.25) is 0 Å². The zero-order valence-electron chi connectivity index (χ0n) is 14.5. The molecule has 4 aromatic rings. The van der Waals surface area contributed by atoms with Crippen molar-refractivity contribution in [3.05, 3.63) is 90.0 Å². The Morgan fingerprint density at radius 1 is 0.923 bits per heavy atom. The molecule has 128 valence electrons. The first kappa shape index (κ1) is 16.1. The molecule has 0 aliphatic rings. The largest absolute Gasteiger partial charge is 0.355 e. The fourth-order valence-corrected chi connectivity index (χ4v) is 3.14. The number of carbonyl (C=O) groups excluding carboxylic acids is 1. The number of rotatable bonds is 4. The first-order valence-corrected chi connectivity index (χ1v) is 8.58. The normalized spacial score (nSPS) is 10.8. The number of fused-ring (bicyclic) bond motifs is 1. The number of nitrogens with zero attached hydrogens (tertiary/aromatic N) is 2. The Morgan fingerprint density at radius 2 is 1.62 bits per heavy atom. The molecular formula is C22H19N3O. The standard InChI is InChI=1S/C22H19N3O/c1-23-22(26)18-13-11-17(12-14-18)21-19-9-5-6-10-20(19)25(24-21)15-16-7-3-2-4-8-16/h2-14H,15H2,1H3,(H,23,26).